The van der Waals surface area contributed by atoms with Gasteiger partial charge in [0.2, 0.25) is 11.6 Å². The molecule has 2 aromatic heterocycles. The van der Waals surface area contributed by atoms with Gasteiger partial charge >= 0.3 is 23.9 Å². The number of ether oxygens (including phenoxy) is 2. The van der Waals surface area contributed by atoms with Crippen LogP contribution in [0, 0.1) is 10.8 Å². The summed E-state index contributed by atoms with van der Waals surface area (Å²) in [6.07, 6.45) is 14.8. The van der Waals surface area contributed by atoms with Gasteiger partial charge in [0.05, 0.1) is 13.2 Å². The van der Waals surface area contributed by atoms with Crippen molar-refractivity contribution in [3.63, 3.8) is 0 Å². The third-order valence-electron chi connectivity index (χ3n) is 15.9. The van der Waals surface area contributed by atoms with E-state index in [1.54, 1.807) is 13.8 Å². The number of hydrogen-bond donors (Lipinski definition) is 2. The van der Waals surface area contributed by atoms with Crippen LogP contribution < -0.4 is 0 Å². The fraction of sp³-hybridized carbons (Fsp3) is 0.467. The van der Waals surface area contributed by atoms with Crippen molar-refractivity contribution < 1.29 is 47.9 Å². The number of carbonyl (C=O) groups excluding carboxylic acids is 2. The monoisotopic (exact) mass is 1030 g/mol. The molecule has 76 heavy (non-hydrogen) atoms. The first-order valence-electron chi connectivity index (χ1n) is 27.3. The van der Waals surface area contributed by atoms with Gasteiger partial charge in [0.1, 0.15) is 0 Å². The van der Waals surface area contributed by atoms with E-state index in [1.807, 2.05) is 53.4 Å². The van der Waals surface area contributed by atoms with Crippen LogP contribution in [0.25, 0.3) is 45.7 Å². The molecule has 4 heterocycles. The Labute approximate surface area is 444 Å². The maximum Gasteiger partial charge on any atom is 0.324 e. The average molecular weight is 1040 g/mol. The normalized spacial score (nSPS) is 18.2. The molecule has 0 unspecified atom stereocenters. The number of nitrogens with zero attached hydrogens (tertiary/aromatic N) is 6. The largest absolute Gasteiger partial charge is 0.480 e. The Hall–Kier alpha value is -7.04. The van der Waals surface area contributed by atoms with E-state index in [4.69, 9.17) is 18.5 Å². The Bertz CT molecular complexity index is 2850. The van der Waals surface area contributed by atoms with E-state index in [0.29, 0.717) is 74.2 Å². The Morgan fingerprint density at radius 1 is 0.513 bits per heavy atom. The number of carbonyl (C=O) groups is 4. The molecule has 6 aromatic rings. The molecule has 4 fully saturated rings. The van der Waals surface area contributed by atoms with E-state index in [9.17, 15) is 29.4 Å². The lowest BCUT2D eigenvalue weighted by atomic mass is 9.79. The molecule has 0 spiro atoms. The van der Waals surface area contributed by atoms with Crippen molar-refractivity contribution in [3.05, 3.63) is 119 Å². The Kier molecular flexibility index (Phi) is 17.5. The van der Waals surface area contributed by atoms with E-state index in [-0.39, 0.29) is 32.7 Å². The summed E-state index contributed by atoms with van der Waals surface area (Å²) in [6.45, 7) is 6.76. The van der Waals surface area contributed by atoms with E-state index >= 15 is 0 Å². The predicted octanol–water partition coefficient (Wildman–Crippen LogP) is 11.4. The lowest BCUT2D eigenvalue weighted by Gasteiger charge is -2.39. The maximum absolute atomic E-state index is 12.9. The number of esters is 2. The molecular weight excluding hydrogens is 965 g/mol. The van der Waals surface area contributed by atoms with Crippen LogP contribution >= 0.6 is 0 Å². The van der Waals surface area contributed by atoms with Crippen LogP contribution in [-0.4, -0.2) is 104 Å². The summed E-state index contributed by atoms with van der Waals surface area (Å²) in [5.74, 6) is -0.182. The number of aromatic nitrogens is 4. The highest BCUT2D eigenvalue weighted by atomic mass is 16.6. The van der Waals surface area contributed by atoms with Gasteiger partial charge in [-0.1, -0.05) is 122 Å². The minimum Gasteiger partial charge on any atom is -0.480 e. The summed E-state index contributed by atoms with van der Waals surface area (Å²) in [5.41, 5.74) is 5.29. The molecule has 16 nitrogen and oxygen atoms in total. The average Bonchev–Trinajstić information content (AvgIpc) is 4.17. The van der Waals surface area contributed by atoms with Crippen LogP contribution in [0.2, 0.25) is 0 Å². The van der Waals surface area contributed by atoms with Crippen LogP contribution in [0.15, 0.2) is 106 Å². The smallest absolute Gasteiger partial charge is 0.324 e. The molecule has 2 saturated heterocycles. The summed E-state index contributed by atoms with van der Waals surface area (Å²) < 4.78 is 21.7. The third kappa shape index (κ3) is 12.5. The highest BCUT2D eigenvalue weighted by Gasteiger charge is 2.52. The highest BCUT2D eigenvalue weighted by molar-refractivity contribution is 6.00. The van der Waals surface area contributed by atoms with E-state index < -0.39 is 34.7 Å². The second-order valence-electron chi connectivity index (χ2n) is 21.0. The third-order valence-corrected chi connectivity index (χ3v) is 15.9. The standard InChI is InChI=1S/C32H39N3O5.C28H31N3O5/c1-3-38-30(36)32(31(37)39-4-2)19-8-20-35(22-32)21-23-11-13-26(14-12-23)28-33-29(40-34-28)27-17-15-25(16-18-27)24-9-6-5-7-10-24;32-26(33)28(27(34)35)15-4-16-31(18-28)17-19-7-9-22(10-8-19)24-29-25(36-30-24)23-13-11-21(12-14-23)20-5-2-1-3-6-20/h11-18,24H,3-10,19-22H2,1-2H3;7-14,20H,1-6,15-18H2,(H,32,33)(H,34,35). The van der Waals surface area contributed by atoms with Crippen LogP contribution in [-0.2, 0) is 41.7 Å². The second kappa shape index (κ2) is 24.7. The zero-order valence-electron chi connectivity index (χ0n) is 43.8. The van der Waals surface area contributed by atoms with Crippen LogP contribution in [0.3, 0.4) is 0 Å². The van der Waals surface area contributed by atoms with Crippen LogP contribution in [0.4, 0.5) is 0 Å². The van der Waals surface area contributed by atoms with E-state index in [0.717, 1.165) is 39.9 Å². The van der Waals surface area contributed by atoms with Gasteiger partial charge in [0, 0.05) is 48.4 Å². The van der Waals surface area contributed by atoms with E-state index in [1.165, 1.54) is 75.3 Å². The van der Waals surface area contributed by atoms with Gasteiger partial charge in [-0.2, -0.15) is 9.97 Å². The zero-order chi connectivity index (χ0) is 53.1. The predicted molar refractivity (Wildman–Crippen MR) is 284 cm³/mol. The molecule has 2 saturated carbocycles. The number of rotatable bonds is 16. The maximum atomic E-state index is 12.9. The molecule has 0 bridgehead atoms. The van der Waals surface area contributed by atoms with Crippen molar-refractivity contribution in [1.82, 2.24) is 30.1 Å². The summed E-state index contributed by atoms with van der Waals surface area (Å²) in [5, 5.41) is 27.4. The van der Waals surface area contributed by atoms with Crippen molar-refractivity contribution >= 4 is 23.9 Å². The van der Waals surface area contributed by atoms with Crippen molar-refractivity contribution in [2.75, 3.05) is 39.4 Å². The number of aliphatic carboxylic acids is 2. The lowest BCUT2D eigenvalue weighted by Crippen LogP contribution is -2.53. The first-order valence-corrected chi connectivity index (χ1v) is 27.3. The molecule has 0 atom stereocenters. The second-order valence-corrected chi connectivity index (χ2v) is 21.0. The number of hydrogen-bond acceptors (Lipinski definition) is 14. The Morgan fingerprint density at radius 2 is 0.882 bits per heavy atom. The molecule has 2 aliphatic heterocycles. The van der Waals surface area contributed by atoms with Crippen molar-refractivity contribution in [2.45, 2.75) is 129 Å². The Morgan fingerprint density at radius 3 is 1.26 bits per heavy atom. The number of piperidine rings is 2. The molecule has 16 heteroatoms. The molecule has 2 N–H and O–H groups in total. The topological polar surface area (TPSA) is 212 Å². The number of carboxylic acid groups (broad SMARTS) is 2. The fourth-order valence-electron chi connectivity index (χ4n) is 11.6. The van der Waals surface area contributed by atoms with E-state index in [2.05, 4.69) is 73.7 Å². The SMILES string of the molecule is CCOC(=O)C1(C(=O)OCC)CCCN(Cc2ccc(-c3noc(-c4ccc(C5CCCCC5)cc4)n3)cc2)C1.O=C(O)C1(C(=O)O)CCCN(Cc2ccc(-c3noc(-c4ccc(C5CCCCC5)cc4)n3)cc2)C1. The quantitative estimate of drug-likeness (QED) is 0.0681. The van der Waals surface area contributed by atoms with Crippen molar-refractivity contribution in [2.24, 2.45) is 10.8 Å². The lowest BCUT2D eigenvalue weighted by molar-refractivity contribution is -0.177. The van der Waals surface area contributed by atoms with Gasteiger partial charge in [-0.3, -0.25) is 29.0 Å². The van der Waals surface area contributed by atoms with Gasteiger partial charge in [0.25, 0.3) is 11.8 Å². The fourth-order valence-corrected chi connectivity index (χ4v) is 11.6. The van der Waals surface area contributed by atoms with Gasteiger partial charge in [-0.25, -0.2) is 0 Å². The summed E-state index contributed by atoms with van der Waals surface area (Å²) in [4.78, 5) is 62.3. The van der Waals surface area contributed by atoms with Gasteiger partial charge in [-0.05, 0) is 137 Å². The molecule has 4 aliphatic rings. The number of carboxylic acids is 2. The molecule has 4 aromatic carbocycles. The van der Waals surface area contributed by atoms with Crippen LogP contribution in [0.5, 0.6) is 0 Å². The molecule has 10 rings (SSSR count). The number of benzene rings is 4. The minimum atomic E-state index is -1.74. The molecular formula is C60H70N6O10. The Balaban J connectivity index is 0.000000187. The summed E-state index contributed by atoms with van der Waals surface area (Å²) in [6, 6.07) is 32.7. The molecule has 400 valence electrons. The first kappa shape index (κ1) is 53.8. The molecule has 2 aliphatic carbocycles. The van der Waals surface area contributed by atoms with Crippen LogP contribution in [0.1, 0.15) is 138 Å². The zero-order valence-corrected chi connectivity index (χ0v) is 43.8. The summed E-state index contributed by atoms with van der Waals surface area (Å²) >= 11 is 0. The van der Waals surface area contributed by atoms with Gasteiger partial charge in [0.15, 0.2) is 10.8 Å². The first-order chi connectivity index (χ1) is 37.0. The molecule has 0 radical (unpaired) electrons. The minimum absolute atomic E-state index is 0.00679. The number of likely N-dealkylation sites (tertiary alicyclic amines) is 2. The van der Waals surface area contributed by atoms with Crippen molar-refractivity contribution in [1.29, 1.82) is 0 Å². The van der Waals surface area contributed by atoms with Gasteiger partial charge in [-0.15, -0.1) is 0 Å². The van der Waals surface area contributed by atoms with Gasteiger partial charge < -0.3 is 28.7 Å². The molecule has 0 amide bonds. The summed E-state index contributed by atoms with van der Waals surface area (Å²) in [7, 11) is 0. The van der Waals surface area contributed by atoms with Crippen molar-refractivity contribution in [3.8, 4) is 45.7 Å². The highest BCUT2D eigenvalue weighted by Crippen LogP contribution is 2.38.